The molecule has 1 amide bonds. The first-order chi connectivity index (χ1) is 5.14. The Labute approximate surface area is 68.4 Å². The molecule has 0 bridgehead atoms. The summed E-state index contributed by atoms with van der Waals surface area (Å²) in [7, 11) is 0. The summed E-state index contributed by atoms with van der Waals surface area (Å²) in [4.78, 5) is 10.8. The van der Waals surface area contributed by atoms with E-state index in [-0.39, 0.29) is 11.4 Å². The molecule has 2 heteroatoms. The van der Waals surface area contributed by atoms with Crippen molar-refractivity contribution in [1.29, 1.82) is 0 Å². The second-order valence-electron chi connectivity index (χ2n) is 3.50. The first kappa shape index (κ1) is 8.57. The highest BCUT2D eigenvalue weighted by molar-refractivity contribution is 5.74. The molecule has 1 rings (SSSR count). The average molecular weight is 155 g/mol. The fraction of sp³-hybridized carbons (Fsp3) is 0.889. The Morgan fingerprint density at radius 2 is 2.27 bits per heavy atom. The molecular weight excluding hydrogens is 138 g/mol. The van der Waals surface area contributed by atoms with Gasteiger partial charge in [0.05, 0.1) is 0 Å². The number of nitrogens with one attached hydrogen (secondary N) is 1. The molecule has 0 saturated heterocycles. The van der Waals surface area contributed by atoms with Crippen LogP contribution in [-0.2, 0) is 4.79 Å². The maximum Gasteiger partial charge on any atom is 0.217 e. The van der Waals surface area contributed by atoms with Gasteiger partial charge in [-0.25, -0.2) is 0 Å². The molecule has 0 aromatic carbocycles. The zero-order valence-corrected chi connectivity index (χ0v) is 7.61. The van der Waals surface area contributed by atoms with Crippen molar-refractivity contribution in [2.45, 2.75) is 45.6 Å². The Kier molecular flexibility index (Phi) is 2.21. The van der Waals surface area contributed by atoms with Gasteiger partial charge < -0.3 is 5.32 Å². The fourth-order valence-corrected chi connectivity index (χ4v) is 1.94. The van der Waals surface area contributed by atoms with Gasteiger partial charge >= 0.3 is 0 Å². The van der Waals surface area contributed by atoms with Crippen molar-refractivity contribution in [2.75, 3.05) is 0 Å². The maximum absolute atomic E-state index is 10.8. The van der Waals surface area contributed by atoms with E-state index in [2.05, 4.69) is 19.2 Å². The van der Waals surface area contributed by atoms with E-state index in [0.29, 0.717) is 0 Å². The van der Waals surface area contributed by atoms with Crippen molar-refractivity contribution < 1.29 is 4.79 Å². The number of hydrogen-bond donors (Lipinski definition) is 1. The van der Waals surface area contributed by atoms with Crippen molar-refractivity contribution >= 4 is 5.91 Å². The molecule has 11 heavy (non-hydrogen) atoms. The molecule has 2 unspecified atom stereocenters. The molecule has 2 atom stereocenters. The second kappa shape index (κ2) is 2.84. The second-order valence-corrected chi connectivity index (χ2v) is 3.50. The van der Waals surface area contributed by atoms with Crippen molar-refractivity contribution in [3.63, 3.8) is 0 Å². The molecule has 2 nitrogen and oxygen atoms in total. The van der Waals surface area contributed by atoms with Crippen LogP contribution in [0.15, 0.2) is 0 Å². The van der Waals surface area contributed by atoms with E-state index >= 15 is 0 Å². The first-order valence-corrected chi connectivity index (χ1v) is 4.43. The summed E-state index contributed by atoms with van der Waals surface area (Å²) in [5.74, 6) is 0.846. The number of amides is 1. The molecule has 0 spiro atoms. The molecule has 1 N–H and O–H groups in total. The third-order valence-electron chi connectivity index (χ3n) is 2.78. The zero-order chi connectivity index (χ0) is 8.48. The van der Waals surface area contributed by atoms with E-state index < -0.39 is 0 Å². The molecule has 1 aliphatic rings. The normalized spacial score (nSPS) is 35.0. The molecule has 1 saturated carbocycles. The van der Waals surface area contributed by atoms with Crippen LogP contribution in [0.2, 0.25) is 0 Å². The number of rotatable bonds is 3. The third kappa shape index (κ3) is 1.55. The minimum absolute atomic E-state index is 0.114. The summed E-state index contributed by atoms with van der Waals surface area (Å²) >= 11 is 0. The summed E-state index contributed by atoms with van der Waals surface area (Å²) in [5.41, 5.74) is 0.181. The smallest absolute Gasteiger partial charge is 0.217 e. The Bertz CT molecular complexity index is 167. The van der Waals surface area contributed by atoms with E-state index in [9.17, 15) is 4.79 Å². The van der Waals surface area contributed by atoms with Gasteiger partial charge in [0.25, 0.3) is 0 Å². The molecular formula is C9H17NO. The Balaban J connectivity index is 2.45. The molecule has 1 aliphatic carbocycles. The molecule has 0 aliphatic heterocycles. The van der Waals surface area contributed by atoms with Gasteiger partial charge in [-0.05, 0) is 18.8 Å². The van der Waals surface area contributed by atoms with Gasteiger partial charge in [0, 0.05) is 12.5 Å². The van der Waals surface area contributed by atoms with E-state index in [1.165, 1.54) is 12.8 Å². The zero-order valence-electron chi connectivity index (χ0n) is 7.61. The molecule has 0 heterocycles. The highest BCUT2D eigenvalue weighted by atomic mass is 16.1. The minimum Gasteiger partial charge on any atom is -0.351 e. The number of carbonyl (C=O) groups is 1. The standard InChI is InChI=1S/C9H17NO/c1-4-8-6-9(8,5-2)10-7(3)11/h8H,4-6H2,1-3H3,(H,10,11). The van der Waals surface area contributed by atoms with Gasteiger partial charge in [0.2, 0.25) is 5.91 Å². The lowest BCUT2D eigenvalue weighted by molar-refractivity contribution is -0.120. The van der Waals surface area contributed by atoms with Gasteiger partial charge in [0.15, 0.2) is 0 Å². The largest absolute Gasteiger partial charge is 0.351 e. The highest BCUT2D eigenvalue weighted by Crippen LogP contribution is 2.47. The van der Waals surface area contributed by atoms with E-state index in [4.69, 9.17) is 0 Å². The van der Waals surface area contributed by atoms with Crippen molar-refractivity contribution in [3.05, 3.63) is 0 Å². The van der Waals surface area contributed by atoms with Crippen LogP contribution in [0.1, 0.15) is 40.0 Å². The predicted molar refractivity (Wildman–Crippen MR) is 45.2 cm³/mol. The minimum atomic E-state index is 0.114. The topological polar surface area (TPSA) is 29.1 Å². The predicted octanol–water partition coefficient (Wildman–Crippen LogP) is 1.70. The van der Waals surface area contributed by atoms with Crippen molar-refractivity contribution in [3.8, 4) is 0 Å². The quantitative estimate of drug-likeness (QED) is 0.660. The van der Waals surface area contributed by atoms with Crippen LogP contribution >= 0.6 is 0 Å². The number of hydrogen-bond acceptors (Lipinski definition) is 1. The van der Waals surface area contributed by atoms with Crippen LogP contribution < -0.4 is 5.32 Å². The SMILES string of the molecule is CCC1CC1(CC)NC(C)=O. The lowest BCUT2D eigenvalue weighted by atomic mass is 10.1. The van der Waals surface area contributed by atoms with Gasteiger partial charge in [-0.15, -0.1) is 0 Å². The Morgan fingerprint density at radius 3 is 2.55 bits per heavy atom. The van der Waals surface area contributed by atoms with Crippen LogP contribution in [0.4, 0.5) is 0 Å². The van der Waals surface area contributed by atoms with Crippen LogP contribution in [0.25, 0.3) is 0 Å². The van der Waals surface area contributed by atoms with Gasteiger partial charge in [-0.1, -0.05) is 20.3 Å². The van der Waals surface area contributed by atoms with E-state index in [0.717, 1.165) is 12.3 Å². The molecule has 0 aromatic heterocycles. The van der Waals surface area contributed by atoms with E-state index in [1.54, 1.807) is 6.92 Å². The van der Waals surface area contributed by atoms with Crippen molar-refractivity contribution in [2.24, 2.45) is 5.92 Å². The lowest BCUT2D eigenvalue weighted by Crippen LogP contribution is -2.36. The monoisotopic (exact) mass is 155 g/mol. The summed E-state index contributed by atoms with van der Waals surface area (Å²) in [6.07, 6.45) is 3.44. The molecule has 64 valence electrons. The Hall–Kier alpha value is -0.530. The highest BCUT2D eigenvalue weighted by Gasteiger charge is 2.51. The van der Waals surface area contributed by atoms with Crippen LogP contribution in [0, 0.1) is 5.92 Å². The average Bonchev–Trinajstić information content (AvgIpc) is 2.62. The molecule has 0 aromatic rings. The fourth-order valence-electron chi connectivity index (χ4n) is 1.94. The summed E-state index contributed by atoms with van der Waals surface area (Å²) in [6, 6.07) is 0. The molecule has 0 radical (unpaired) electrons. The van der Waals surface area contributed by atoms with Gasteiger partial charge in [0.1, 0.15) is 0 Å². The van der Waals surface area contributed by atoms with Crippen LogP contribution in [0.3, 0.4) is 0 Å². The van der Waals surface area contributed by atoms with E-state index in [1.807, 2.05) is 0 Å². The van der Waals surface area contributed by atoms with Crippen LogP contribution in [-0.4, -0.2) is 11.4 Å². The number of carbonyl (C=O) groups excluding carboxylic acids is 1. The maximum atomic E-state index is 10.8. The summed E-state index contributed by atoms with van der Waals surface area (Å²) < 4.78 is 0. The first-order valence-electron chi connectivity index (χ1n) is 4.43. The molecule has 1 fully saturated rings. The summed E-state index contributed by atoms with van der Waals surface area (Å²) in [6.45, 7) is 5.93. The van der Waals surface area contributed by atoms with Crippen LogP contribution in [0.5, 0.6) is 0 Å². The Morgan fingerprint density at radius 1 is 1.64 bits per heavy atom. The van der Waals surface area contributed by atoms with Crippen molar-refractivity contribution in [1.82, 2.24) is 5.32 Å². The van der Waals surface area contributed by atoms with Gasteiger partial charge in [-0.3, -0.25) is 4.79 Å². The summed E-state index contributed by atoms with van der Waals surface area (Å²) in [5, 5.41) is 3.04. The lowest BCUT2D eigenvalue weighted by Gasteiger charge is -2.15. The van der Waals surface area contributed by atoms with Gasteiger partial charge in [-0.2, -0.15) is 0 Å². The third-order valence-corrected chi connectivity index (χ3v) is 2.78.